The standard InChI is InChI=1S/C26H25NO2/c1-3-29-23-15-9-8-14-22(23)27-25(28)26(2)16-21-17-10-4-6-12-19(17)24(26)20-13-7-5-11-18(20)21/h4-15,21,24H,3,16H2,1-2H3,(H,27,28)/t21?,24?,26-/m0/s1. The van der Waals surface area contributed by atoms with Gasteiger partial charge in [-0.25, -0.2) is 0 Å². The minimum atomic E-state index is -0.521. The molecule has 0 saturated carbocycles. The van der Waals surface area contributed by atoms with Crippen LogP contribution in [-0.4, -0.2) is 12.5 Å². The van der Waals surface area contributed by atoms with Crippen LogP contribution < -0.4 is 10.1 Å². The van der Waals surface area contributed by atoms with Crippen LogP contribution in [0.2, 0.25) is 0 Å². The summed E-state index contributed by atoms with van der Waals surface area (Å²) in [6.45, 7) is 4.64. The molecule has 0 spiro atoms. The molecular weight excluding hydrogens is 358 g/mol. The lowest BCUT2D eigenvalue weighted by atomic mass is 9.52. The fourth-order valence-electron chi connectivity index (χ4n) is 5.31. The Kier molecular flexibility index (Phi) is 4.20. The molecule has 3 aliphatic carbocycles. The minimum Gasteiger partial charge on any atom is -0.492 e. The SMILES string of the molecule is CCOc1ccccc1NC(=O)[C@@]1(C)CC2c3ccccc3C1c1ccccc12. The summed E-state index contributed by atoms with van der Waals surface area (Å²) in [6.07, 6.45) is 0.814. The molecule has 3 heteroatoms. The van der Waals surface area contributed by atoms with Gasteiger partial charge in [-0.05, 0) is 54.7 Å². The Hall–Kier alpha value is -3.07. The van der Waals surface area contributed by atoms with E-state index in [1.165, 1.54) is 22.3 Å². The Labute approximate surface area is 171 Å². The van der Waals surface area contributed by atoms with E-state index in [1.807, 2.05) is 31.2 Å². The molecule has 0 unspecified atom stereocenters. The molecule has 3 nitrogen and oxygen atoms in total. The largest absolute Gasteiger partial charge is 0.492 e. The molecule has 1 amide bonds. The van der Waals surface area contributed by atoms with Gasteiger partial charge in [-0.1, -0.05) is 60.7 Å². The maximum atomic E-state index is 13.7. The lowest BCUT2D eigenvalue weighted by molar-refractivity contribution is -0.126. The molecule has 2 bridgehead atoms. The molecule has 0 heterocycles. The zero-order valence-corrected chi connectivity index (χ0v) is 16.8. The lowest BCUT2D eigenvalue weighted by Crippen LogP contribution is -2.47. The predicted octanol–water partition coefficient (Wildman–Crippen LogP) is 5.71. The summed E-state index contributed by atoms with van der Waals surface area (Å²) >= 11 is 0. The molecular formula is C26H25NO2. The third-order valence-corrected chi connectivity index (χ3v) is 6.58. The third-order valence-electron chi connectivity index (χ3n) is 6.58. The van der Waals surface area contributed by atoms with E-state index in [1.54, 1.807) is 0 Å². The van der Waals surface area contributed by atoms with Crippen LogP contribution in [0.3, 0.4) is 0 Å². The van der Waals surface area contributed by atoms with Crippen molar-refractivity contribution >= 4 is 11.6 Å². The summed E-state index contributed by atoms with van der Waals surface area (Å²) in [6, 6.07) is 24.9. The van der Waals surface area contributed by atoms with E-state index in [2.05, 4.69) is 60.8 Å². The summed E-state index contributed by atoms with van der Waals surface area (Å²) in [5.41, 5.74) is 5.54. The van der Waals surface area contributed by atoms with Crippen molar-refractivity contribution < 1.29 is 9.53 Å². The maximum absolute atomic E-state index is 13.7. The molecule has 0 fully saturated rings. The molecule has 1 N–H and O–H groups in total. The van der Waals surface area contributed by atoms with Crippen molar-refractivity contribution in [3.63, 3.8) is 0 Å². The predicted molar refractivity (Wildman–Crippen MR) is 116 cm³/mol. The Morgan fingerprint density at radius 3 is 2.10 bits per heavy atom. The van der Waals surface area contributed by atoms with Gasteiger partial charge in [0.15, 0.2) is 0 Å². The number of anilines is 1. The summed E-state index contributed by atoms with van der Waals surface area (Å²) in [5.74, 6) is 1.09. The summed E-state index contributed by atoms with van der Waals surface area (Å²) in [7, 11) is 0. The number of rotatable bonds is 4. The van der Waals surface area contributed by atoms with E-state index < -0.39 is 5.41 Å². The van der Waals surface area contributed by atoms with Crippen LogP contribution in [0.15, 0.2) is 72.8 Å². The molecule has 3 aromatic carbocycles. The monoisotopic (exact) mass is 383 g/mol. The molecule has 0 aromatic heterocycles. The van der Waals surface area contributed by atoms with Gasteiger partial charge in [0, 0.05) is 11.8 Å². The van der Waals surface area contributed by atoms with Crippen molar-refractivity contribution in [1.82, 2.24) is 0 Å². The van der Waals surface area contributed by atoms with Gasteiger partial charge in [0.05, 0.1) is 17.7 Å². The summed E-state index contributed by atoms with van der Waals surface area (Å²) < 4.78 is 5.72. The first-order chi connectivity index (χ1) is 14.1. The molecule has 1 atom stereocenters. The van der Waals surface area contributed by atoms with Gasteiger partial charge >= 0.3 is 0 Å². The number of fused-ring (bicyclic) bond motifs is 1. The summed E-state index contributed by atoms with van der Waals surface area (Å²) in [5, 5.41) is 3.19. The van der Waals surface area contributed by atoms with E-state index in [9.17, 15) is 4.79 Å². The second kappa shape index (κ2) is 6.77. The fraction of sp³-hybridized carbons (Fsp3) is 0.269. The Morgan fingerprint density at radius 2 is 1.48 bits per heavy atom. The first kappa shape index (κ1) is 18.0. The number of nitrogens with one attached hydrogen (secondary N) is 1. The minimum absolute atomic E-state index is 0.0548. The van der Waals surface area contributed by atoms with Gasteiger partial charge in [-0.3, -0.25) is 4.79 Å². The number of para-hydroxylation sites is 2. The number of hydrogen-bond donors (Lipinski definition) is 1. The van der Waals surface area contributed by atoms with Crippen molar-refractivity contribution in [2.24, 2.45) is 5.41 Å². The van der Waals surface area contributed by atoms with E-state index in [0.29, 0.717) is 12.4 Å². The Morgan fingerprint density at radius 1 is 0.931 bits per heavy atom. The zero-order valence-electron chi connectivity index (χ0n) is 16.8. The average molecular weight is 383 g/mol. The van der Waals surface area contributed by atoms with Crippen molar-refractivity contribution in [2.75, 3.05) is 11.9 Å². The molecule has 3 aromatic rings. The third kappa shape index (κ3) is 2.68. The topological polar surface area (TPSA) is 38.3 Å². The van der Waals surface area contributed by atoms with Crippen LogP contribution in [0.1, 0.15) is 54.4 Å². The number of carbonyl (C=O) groups is 1. The molecule has 29 heavy (non-hydrogen) atoms. The molecule has 0 radical (unpaired) electrons. The van der Waals surface area contributed by atoms with Crippen LogP contribution in [0.5, 0.6) is 5.75 Å². The van der Waals surface area contributed by atoms with Crippen molar-refractivity contribution in [1.29, 1.82) is 0 Å². The summed E-state index contributed by atoms with van der Waals surface area (Å²) in [4.78, 5) is 13.7. The van der Waals surface area contributed by atoms with Crippen molar-refractivity contribution in [2.45, 2.75) is 32.1 Å². The van der Waals surface area contributed by atoms with Crippen LogP contribution in [0.4, 0.5) is 5.69 Å². The van der Waals surface area contributed by atoms with Gasteiger partial charge in [0.25, 0.3) is 0 Å². The number of hydrogen-bond acceptors (Lipinski definition) is 2. The second-order valence-corrected chi connectivity index (χ2v) is 8.25. The highest BCUT2D eigenvalue weighted by Gasteiger charge is 2.53. The van der Waals surface area contributed by atoms with Gasteiger partial charge < -0.3 is 10.1 Å². The van der Waals surface area contributed by atoms with Gasteiger partial charge in [-0.15, -0.1) is 0 Å². The van der Waals surface area contributed by atoms with Gasteiger partial charge in [0.2, 0.25) is 5.91 Å². The molecule has 146 valence electrons. The number of ether oxygens (including phenoxy) is 1. The normalized spacial score (nSPS) is 23.8. The second-order valence-electron chi connectivity index (χ2n) is 8.25. The van der Waals surface area contributed by atoms with Crippen LogP contribution in [0, 0.1) is 5.41 Å². The molecule has 6 rings (SSSR count). The van der Waals surface area contributed by atoms with Crippen molar-refractivity contribution in [3.05, 3.63) is 95.1 Å². The van der Waals surface area contributed by atoms with E-state index in [-0.39, 0.29) is 17.7 Å². The highest BCUT2D eigenvalue weighted by molar-refractivity contribution is 5.98. The highest BCUT2D eigenvalue weighted by Crippen LogP contribution is 2.61. The van der Waals surface area contributed by atoms with Gasteiger partial charge in [0.1, 0.15) is 5.75 Å². The Bertz CT molecular complexity index is 1040. The van der Waals surface area contributed by atoms with Crippen LogP contribution in [-0.2, 0) is 4.79 Å². The first-order valence-corrected chi connectivity index (χ1v) is 10.3. The quantitative estimate of drug-likeness (QED) is 0.626. The lowest BCUT2D eigenvalue weighted by Gasteiger charge is -2.50. The van der Waals surface area contributed by atoms with E-state index >= 15 is 0 Å². The first-order valence-electron chi connectivity index (χ1n) is 10.3. The van der Waals surface area contributed by atoms with E-state index in [4.69, 9.17) is 4.74 Å². The molecule has 0 saturated heterocycles. The maximum Gasteiger partial charge on any atom is 0.231 e. The zero-order chi connectivity index (χ0) is 20.0. The van der Waals surface area contributed by atoms with E-state index in [0.717, 1.165) is 12.1 Å². The fourth-order valence-corrected chi connectivity index (χ4v) is 5.31. The highest BCUT2D eigenvalue weighted by atomic mass is 16.5. The number of amides is 1. The smallest absolute Gasteiger partial charge is 0.231 e. The average Bonchev–Trinajstić information content (AvgIpc) is 2.75. The van der Waals surface area contributed by atoms with Crippen molar-refractivity contribution in [3.8, 4) is 5.75 Å². The molecule has 3 aliphatic rings. The van der Waals surface area contributed by atoms with Crippen LogP contribution >= 0.6 is 0 Å². The number of carbonyl (C=O) groups excluding carboxylic acids is 1. The van der Waals surface area contributed by atoms with Crippen LogP contribution in [0.25, 0.3) is 0 Å². The number of benzene rings is 3. The van der Waals surface area contributed by atoms with Gasteiger partial charge in [-0.2, -0.15) is 0 Å². The molecule has 0 aliphatic heterocycles. The Balaban J connectivity index is 1.57.